The summed E-state index contributed by atoms with van der Waals surface area (Å²) in [4.78, 5) is 1.36. The fraction of sp³-hybridized carbons (Fsp3) is 0.0286. The highest BCUT2D eigenvalue weighted by Crippen LogP contribution is 2.48. The maximum absolute atomic E-state index is 6.65. The number of rotatable bonds is 0. The van der Waals surface area contributed by atoms with Crippen LogP contribution in [0.15, 0.2) is 101 Å². The minimum atomic E-state index is 0.0926. The summed E-state index contributed by atoms with van der Waals surface area (Å²) in [6, 6.07) is 35.8. The van der Waals surface area contributed by atoms with Crippen LogP contribution >= 0.6 is 11.3 Å². The Balaban J connectivity index is 1.42. The van der Waals surface area contributed by atoms with E-state index >= 15 is 0 Å². The van der Waals surface area contributed by atoms with Gasteiger partial charge in [0.1, 0.15) is 5.58 Å². The molecule has 0 unspecified atom stereocenters. The normalized spacial score (nSPS) is 13.6. The number of aryl methyl sites for hydroxylation is 1. The largest absolute Gasteiger partial charge is 0.439 e. The molecular formula is C35H19BN2OS. The Morgan fingerprint density at radius 1 is 0.700 bits per heavy atom. The van der Waals surface area contributed by atoms with E-state index in [1.807, 2.05) is 11.3 Å². The highest BCUT2D eigenvalue weighted by Gasteiger charge is 2.42. The lowest BCUT2D eigenvalue weighted by atomic mass is 9.45. The van der Waals surface area contributed by atoms with Gasteiger partial charge in [-0.05, 0) is 47.2 Å². The number of para-hydroxylation sites is 3. The van der Waals surface area contributed by atoms with Crippen molar-refractivity contribution in [1.82, 2.24) is 9.05 Å². The van der Waals surface area contributed by atoms with Crippen LogP contribution in [0, 0.1) is 6.92 Å². The molecule has 0 fully saturated rings. The molecule has 0 saturated heterocycles. The Bertz CT molecular complexity index is 2630. The summed E-state index contributed by atoms with van der Waals surface area (Å²) in [6.45, 7) is 2.32. The van der Waals surface area contributed by atoms with Gasteiger partial charge in [0.05, 0.1) is 15.7 Å². The van der Waals surface area contributed by atoms with Crippen LogP contribution in [0.2, 0.25) is 0 Å². The monoisotopic (exact) mass is 526 g/mol. The van der Waals surface area contributed by atoms with Crippen molar-refractivity contribution in [3.63, 3.8) is 0 Å². The van der Waals surface area contributed by atoms with E-state index in [-0.39, 0.29) is 6.85 Å². The molecular weight excluding hydrogens is 507 g/mol. The summed E-state index contributed by atoms with van der Waals surface area (Å²) in [5, 5.41) is 7.75. The molecule has 2 aliphatic heterocycles. The van der Waals surface area contributed by atoms with Crippen molar-refractivity contribution < 1.29 is 4.42 Å². The fourth-order valence-electron chi connectivity index (χ4n) is 7.94. The molecule has 0 spiro atoms. The predicted molar refractivity (Wildman–Crippen MR) is 170 cm³/mol. The van der Waals surface area contributed by atoms with E-state index in [1.54, 1.807) is 0 Å². The highest BCUT2D eigenvalue weighted by molar-refractivity contribution is 7.26. The van der Waals surface area contributed by atoms with Crippen LogP contribution in [0.4, 0.5) is 0 Å². The summed E-state index contributed by atoms with van der Waals surface area (Å²) in [5.74, 6) is 0. The minimum Gasteiger partial charge on any atom is -0.439 e. The maximum atomic E-state index is 6.65. The third-order valence-electron chi connectivity index (χ3n) is 9.34. The molecule has 0 N–H and O–H groups in total. The molecule has 5 heteroatoms. The van der Waals surface area contributed by atoms with Crippen molar-refractivity contribution >= 4 is 93.3 Å². The average molecular weight is 526 g/mol. The molecule has 11 rings (SSSR count). The molecule has 0 saturated carbocycles. The summed E-state index contributed by atoms with van der Waals surface area (Å²) in [6.07, 6.45) is 0. The first-order chi connectivity index (χ1) is 19.8. The molecule has 6 heterocycles. The molecule has 0 radical (unpaired) electrons. The van der Waals surface area contributed by atoms with Crippen LogP contribution in [0.5, 0.6) is 0 Å². The second-order valence-electron chi connectivity index (χ2n) is 11.4. The first kappa shape index (κ1) is 20.2. The van der Waals surface area contributed by atoms with E-state index in [0.717, 1.165) is 11.3 Å². The number of nitrogens with zero attached hydrogens (tertiary/aromatic N) is 2. The van der Waals surface area contributed by atoms with E-state index in [4.69, 9.17) is 4.42 Å². The number of fused-ring (bicyclic) bond motifs is 14. The van der Waals surface area contributed by atoms with E-state index in [1.165, 1.54) is 86.2 Å². The second kappa shape index (κ2) is 6.52. The number of benzene rings is 5. The first-order valence-corrected chi connectivity index (χ1v) is 14.6. The van der Waals surface area contributed by atoms with Crippen molar-refractivity contribution in [2.75, 3.05) is 0 Å². The average Bonchev–Trinajstić information content (AvgIpc) is 3.71. The summed E-state index contributed by atoms with van der Waals surface area (Å²) < 4.78 is 13.1. The van der Waals surface area contributed by atoms with Crippen LogP contribution < -0.4 is 10.9 Å². The molecule has 0 bridgehead atoms. The lowest BCUT2D eigenvalue weighted by Gasteiger charge is -2.33. The SMILES string of the molecule is Cc1cc2c3c(c1)-n1c4oc5ccccc5c4c4cccc(c41)B3n1c3sc4ccccc4c3c3cccc-2c31. The lowest BCUT2D eigenvalue weighted by molar-refractivity contribution is 0.645. The van der Waals surface area contributed by atoms with E-state index in [0.29, 0.717) is 0 Å². The molecule has 184 valence electrons. The smallest absolute Gasteiger partial charge is 0.333 e. The Morgan fingerprint density at radius 3 is 2.40 bits per heavy atom. The molecule has 5 aromatic carbocycles. The Kier molecular flexibility index (Phi) is 3.29. The zero-order valence-electron chi connectivity index (χ0n) is 21.5. The van der Waals surface area contributed by atoms with Gasteiger partial charge in [0, 0.05) is 48.4 Å². The van der Waals surface area contributed by atoms with Crippen molar-refractivity contribution in [1.29, 1.82) is 0 Å². The van der Waals surface area contributed by atoms with E-state index in [9.17, 15) is 0 Å². The summed E-state index contributed by atoms with van der Waals surface area (Å²) in [7, 11) is 0. The van der Waals surface area contributed by atoms with Gasteiger partial charge in [-0.2, -0.15) is 0 Å². The molecule has 4 aromatic heterocycles. The van der Waals surface area contributed by atoms with E-state index < -0.39 is 0 Å². The molecule has 0 amide bonds. The minimum absolute atomic E-state index is 0.0926. The second-order valence-corrected chi connectivity index (χ2v) is 12.4. The number of thiophene rings is 1. The Morgan fingerprint density at radius 2 is 1.48 bits per heavy atom. The number of aromatic nitrogens is 2. The van der Waals surface area contributed by atoms with Crippen LogP contribution in [-0.2, 0) is 0 Å². The first-order valence-electron chi connectivity index (χ1n) is 13.8. The van der Waals surface area contributed by atoms with Gasteiger partial charge in [-0.25, -0.2) is 0 Å². The van der Waals surface area contributed by atoms with Gasteiger partial charge in [-0.15, -0.1) is 11.3 Å². The van der Waals surface area contributed by atoms with Gasteiger partial charge < -0.3 is 8.90 Å². The van der Waals surface area contributed by atoms with E-state index in [2.05, 4.69) is 113 Å². The van der Waals surface area contributed by atoms with Crippen molar-refractivity contribution in [2.45, 2.75) is 6.92 Å². The zero-order chi connectivity index (χ0) is 25.9. The van der Waals surface area contributed by atoms with Crippen molar-refractivity contribution in [2.24, 2.45) is 0 Å². The molecule has 2 aliphatic rings. The van der Waals surface area contributed by atoms with Crippen molar-refractivity contribution in [3.8, 4) is 16.8 Å². The topological polar surface area (TPSA) is 23.0 Å². The molecule has 40 heavy (non-hydrogen) atoms. The highest BCUT2D eigenvalue weighted by atomic mass is 32.1. The van der Waals surface area contributed by atoms with Gasteiger partial charge in [0.15, 0.2) is 0 Å². The van der Waals surface area contributed by atoms with Gasteiger partial charge >= 0.3 is 6.85 Å². The number of furan rings is 1. The van der Waals surface area contributed by atoms with Crippen LogP contribution in [0.3, 0.4) is 0 Å². The molecule has 3 nitrogen and oxygen atoms in total. The third-order valence-corrected chi connectivity index (χ3v) is 10.5. The standard InChI is InChI=1S/C35H19BN2OS/c1-18-16-24-19-10-6-11-23-30-21-9-3-5-15-28(21)40-35(30)38(32(19)23)36-25-13-7-12-22-29-20-8-2-4-14-27(20)39-34(29)37(33(22)25)26(17-18)31(24)36/h2-17H,1H3. The van der Waals surface area contributed by atoms with Gasteiger partial charge in [-0.1, -0.05) is 78.9 Å². The number of hydrogen-bond donors (Lipinski definition) is 0. The van der Waals surface area contributed by atoms with Crippen LogP contribution in [-0.4, -0.2) is 15.9 Å². The summed E-state index contributed by atoms with van der Waals surface area (Å²) >= 11 is 1.93. The summed E-state index contributed by atoms with van der Waals surface area (Å²) in [5.41, 5.74) is 12.4. The molecule has 0 aliphatic carbocycles. The molecule has 0 atom stereocenters. The quantitative estimate of drug-likeness (QED) is 0.183. The van der Waals surface area contributed by atoms with Crippen LogP contribution in [0.25, 0.3) is 81.0 Å². The maximum Gasteiger partial charge on any atom is 0.333 e. The van der Waals surface area contributed by atoms with Gasteiger partial charge in [0.25, 0.3) is 0 Å². The number of hydrogen-bond acceptors (Lipinski definition) is 2. The third kappa shape index (κ3) is 2.07. The Labute approximate surface area is 232 Å². The van der Waals surface area contributed by atoms with Crippen LogP contribution in [0.1, 0.15) is 5.56 Å². The zero-order valence-corrected chi connectivity index (χ0v) is 22.3. The predicted octanol–water partition coefficient (Wildman–Crippen LogP) is 8.11. The lowest BCUT2D eigenvalue weighted by Crippen LogP contribution is -2.55. The Hall–Kier alpha value is -4.74. The molecule has 9 aromatic rings. The van der Waals surface area contributed by atoms with Gasteiger partial charge in [-0.3, -0.25) is 4.57 Å². The van der Waals surface area contributed by atoms with Crippen molar-refractivity contribution in [3.05, 3.63) is 103 Å². The fourth-order valence-corrected chi connectivity index (χ4v) is 9.20. The van der Waals surface area contributed by atoms with Gasteiger partial charge in [0.2, 0.25) is 5.71 Å².